The highest BCUT2D eigenvalue weighted by Crippen LogP contribution is 2.29. The molecular formula is C15H14BrF2NO. The van der Waals surface area contributed by atoms with Crippen LogP contribution in [-0.4, -0.2) is 6.04 Å². The van der Waals surface area contributed by atoms with Crippen LogP contribution in [0.3, 0.4) is 0 Å². The van der Waals surface area contributed by atoms with Gasteiger partial charge in [-0.3, -0.25) is 0 Å². The van der Waals surface area contributed by atoms with Crippen LogP contribution in [0.1, 0.15) is 18.6 Å². The van der Waals surface area contributed by atoms with Crippen molar-refractivity contribution in [3.63, 3.8) is 0 Å². The van der Waals surface area contributed by atoms with Crippen LogP contribution in [-0.2, 0) is 0 Å². The van der Waals surface area contributed by atoms with Gasteiger partial charge in [0, 0.05) is 10.5 Å². The van der Waals surface area contributed by atoms with E-state index in [-0.39, 0.29) is 11.6 Å². The summed E-state index contributed by atoms with van der Waals surface area (Å²) in [7, 11) is 0. The van der Waals surface area contributed by atoms with Gasteiger partial charge in [-0.05, 0) is 42.8 Å². The zero-order chi connectivity index (χ0) is 14.7. The predicted octanol–water partition coefficient (Wildman–Crippen LogP) is 4.19. The van der Waals surface area contributed by atoms with E-state index in [9.17, 15) is 8.78 Å². The van der Waals surface area contributed by atoms with Crippen LogP contribution in [0.2, 0.25) is 0 Å². The van der Waals surface area contributed by atoms with Gasteiger partial charge < -0.3 is 10.5 Å². The van der Waals surface area contributed by atoms with Crippen molar-refractivity contribution < 1.29 is 13.5 Å². The third-order valence-electron chi connectivity index (χ3n) is 2.80. The third kappa shape index (κ3) is 3.55. The van der Waals surface area contributed by atoms with Gasteiger partial charge in [-0.25, -0.2) is 8.78 Å². The molecule has 0 aromatic heterocycles. The maximum Gasteiger partial charge on any atom is 0.165 e. The summed E-state index contributed by atoms with van der Waals surface area (Å²) < 4.78 is 33.3. The summed E-state index contributed by atoms with van der Waals surface area (Å²) >= 11 is 3.25. The first kappa shape index (κ1) is 14.9. The Balaban J connectivity index is 2.33. The average Bonchev–Trinajstić information content (AvgIpc) is 2.39. The molecule has 0 amide bonds. The standard InChI is InChI=1S/C15H14BrF2NO/c1-9(19)15(10-3-2-4-12(17)7-10)20-14-8-11(16)5-6-13(14)18/h2-9,15H,19H2,1H3. The van der Waals surface area contributed by atoms with Crippen LogP contribution >= 0.6 is 15.9 Å². The van der Waals surface area contributed by atoms with E-state index in [1.165, 1.54) is 24.3 Å². The van der Waals surface area contributed by atoms with Crippen molar-refractivity contribution >= 4 is 15.9 Å². The number of benzene rings is 2. The Morgan fingerprint density at radius 3 is 2.55 bits per heavy atom. The summed E-state index contributed by atoms with van der Waals surface area (Å²) in [5.74, 6) is -0.798. The van der Waals surface area contributed by atoms with Gasteiger partial charge in [-0.15, -0.1) is 0 Å². The van der Waals surface area contributed by atoms with Crippen molar-refractivity contribution in [1.82, 2.24) is 0 Å². The molecule has 5 heteroatoms. The largest absolute Gasteiger partial charge is 0.481 e. The Morgan fingerprint density at radius 1 is 1.15 bits per heavy atom. The number of halogens is 3. The maximum absolute atomic E-state index is 13.7. The summed E-state index contributed by atoms with van der Waals surface area (Å²) in [5, 5.41) is 0. The zero-order valence-electron chi connectivity index (χ0n) is 10.8. The first-order valence-corrected chi connectivity index (χ1v) is 6.89. The lowest BCUT2D eigenvalue weighted by Crippen LogP contribution is -2.29. The molecule has 20 heavy (non-hydrogen) atoms. The molecule has 0 saturated carbocycles. The van der Waals surface area contributed by atoms with Crippen molar-refractivity contribution in [3.8, 4) is 5.75 Å². The van der Waals surface area contributed by atoms with Crippen LogP contribution in [0.25, 0.3) is 0 Å². The maximum atomic E-state index is 13.7. The first-order chi connectivity index (χ1) is 9.47. The molecule has 2 atom stereocenters. The average molecular weight is 342 g/mol. The molecule has 0 fully saturated rings. The minimum absolute atomic E-state index is 0.0749. The van der Waals surface area contributed by atoms with Gasteiger partial charge in [0.15, 0.2) is 11.6 Å². The minimum atomic E-state index is -0.630. The first-order valence-electron chi connectivity index (χ1n) is 6.10. The highest BCUT2D eigenvalue weighted by atomic mass is 79.9. The van der Waals surface area contributed by atoms with E-state index < -0.39 is 18.0 Å². The summed E-state index contributed by atoms with van der Waals surface area (Å²) in [6, 6.07) is 9.91. The van der Waals surface area contributed by atoms with Gasteiger partial charge in [-0.2, -0.15) is 0 Å². The monoisotopic (exact) mass is 341 g/mol. The van der Waals surface area contributed by atoms with E-state index in [2.05, 4.69) is 15.9 Å². The van der Waals surface area contributed by atoms with E-state index in [1.54, 1.807) is 25.1 Å². The second-order valence-corrected chi connectivity index (χ2v) is 5.44. The smallest absolute Gasteiger partial charge is 0.165 e. The Hall–Kier alpha value is -1.46. The highest BCUT2D eigenvalue weighted by Gasteiger charge is 2.20. The Labute approximate surface area is 124 Å². The van der Waals surface area contributed by atoms with Crippen molar-refractivity contribution in [2.75, 3.05) is 0 Å². The Morgan fingerprint density at radius 2 is 1.90 bits per heavy atom. The van der Waals surface area contributed by atoms with E-state index in [0.29, 0.717) is 10.0 Å². The molecule has 0 aliphatic rings. The summed E-state index contributed by atoms with van der Waals surface area (Å²) in [4.78, 5) is 0. The number of nitrogens with two attached hydrogens (primary N) is 1. The molecule has 0 heterocycles. The zero-order valence-corrected chi connectivity index (χ0v) is 12.4. The summed E-state index contributed by atoms with van der Waals surface area (Å²) in [5.41, 5.74) is 6.44. The molecule has 2 unspecified atom stereocenters. The van der Waals surface area contributed by atoms with Gasteiger partial charge in [0.05, 0.1) is 0 Å². The van der Waals surface area contributed by atoms with E-state index in [1.807, 2.05) is 0 Å². The van der Waals surface area contributed by atoms with Gasteiger partial charge >= 0.3 is 0 Å². The molecule has 0 saturated heterocycles. The molecule has 2 aromatic rings. The molecule has 0 spiro atoms. The van der Waals surface area contributed by atoms with Crippen LogP contribution in [0, 0.1) is 11.6 Å². The van der Waals surface area contributed by atoms with Crippen molar-refractivity contribution in [3.05, 3.63) is 64.1 Å². The molecule has 0 aliphatic carbocycles. The topological polar surface area (TPSA) is 35.2 Å². The Kier molecular flexibility index (Phi) is 4.73. The molecule has 2 rings (SSSR count). The SMILES string of the molecule is CC(N)C(Oc1cc(Br)ccc1F)c1cccc(F)c1. The van der Waals surface area contributed by atoms with Gasteiger partial charge in [0.1, 0.15) is 11.9 Å². The molecule has 0 radical (unpaired) electrons. The van der Waals surface area contributed by atoms with Crippen molar-refractivity contribution in [2.45, 2.75) is 19.1 Å². The van der Waals surface area contributed by atoms with Gasteiger partial charge in [0.25, 0.3) is 0 Å². The third-order valence-corrected chi connectivity index (χ3v) is 3.30. The second-order valence-electron chi connectivity index (χ2n) is 4.53. The van der Waals surface area contributed by atoms with Gasteiger partial charge in [-0.1, -0.05) is 28.1 Å². The lowest BCUT2D eigenvalue weighted by Gasteiger charge is -2.23. The quantitative estimate of drug-likeness (QED) is 0.904. The number of hydrogen-bond donors (Lipinski definition) is 1. The van der Waals surface area contributed by atoms with Crippen LogP contribution in [0.4, 0.5) is 8.78 Å². The van der Waals surface area contributed by atoms with E-state index in [0.717, 1.165) is 0 Å². The fourth-order valence-electron chi connectivity index (χ4n) is 1.87. The van der Waals surface area contributed by atoms with Crippen LogP contribution in [0.5, 0.6) is 5.75 Å². The summed E-state index contributed by atoms with van der Waals surface area (Å²) in [6.45, 7) is 1.73. The predicted molar refractivity (Wildman–Crippen MR) is 77.5 cm³/mol. The fraction of sp³-hybridized carbons (Fsp3) is 0.200. The van der Waals surface area contributed by atoms with Crippen LogP contribution in [0.15, 0.2) is 46.9 Å². The van der Waals surface area contributed by atoms with Crippen molar-refractivity contribution in [1.29, 1.82) is 0 Å². The molecule has 0 aliphatic heterocycles. The summed E-state index contributed by atoms with van der Waals surface area (Å²) in [6.07, 6.45) is -0.630. The molecule has 2 N–H and O–H groups in total. The lowest BCUT2D eigenvalue weighted by atomic mass is 10.0. The molecule has 106 valence electrons. The molecule has 0 bridgehead atoms. The minimum Gasteiger partial charge on any atom is -0.481 e. The fourth-order valence-corrected chi connectivity index (χ4v) is 2.21. The second kappa shape index (κ2) is 6.33. The normalized spacial score (nSPS) is 13.8. The molecular weight excluding hydrogens is 328 g/mol. The number of hydrogen-bond acceptors (Lipinski definition) is 2. The Bertz CT molecular complexity index is 604. The number of ether oxygens (including phenoxy) is 1. The van der Waals surface area contributed by atoms with Crippen molar-refractivity contribution in [2.24, 2.45) is 5.73 Å². The van der Waals surface area contributed by atoms with E-state index >= 15 is 0 Å². The molecule has 2 aromatic carbocycles. The number of rotatable bonds is 4. The lowest BCUT2D eigenvalue weighted by molar-refractivity contribution is 0.172. The van der Waals surface area contributed by atoms with Gasteiger partial charge in [0.2, 0.25) is 0 Å². The van der Waals surface area contributed by atoms with E-state index in [4.69, 9.17) is 10.5 Å². The van der Waals surface area contributed by atoms with Crippen LogP contribution < -0.4 is 10.5 Å². The molecule has 2 nitrogen and oxygen atoms in total. The highest BCUT2D eigenvalue weighted by molar-refractivity contribution is 9.10.